The first kappa shape index (κ1) is 14.9. The Kier molecular flexibility index (Phi) is 6.11. The number of rotatable bonds is 5. The van der Waals surface area contributed by atoms with Gasteiger partial charge in [-0.1, -0.05) is 15.9 Å². The molecule has 0 aliphatic heterocycles. The van der Waals surface area contributed by atoms with Gasteiger partial charge in [-0.25, -0.2) is 4.79 Å². The molecular weight excluding hydrogens is 300 g/mol. The minimum Gasteiger partial charge on any atom is -0.395 e. The number of carbonyl (C=O) groups is 1. The second-order valence-corrected chi connectivity index (χ2v) is 4.68. The van der Waals surface area contributed by atoms with Crippen LogP contribution in [0.5, 0.6) is 0 Å². The number of hydrogen-bond donors (Lipinski definition) is 3. The van der Waals surface area contributed by atoms with Gasteiger partial charge in [-0.15, -0.1) is 0 Å². The average Bonchev–Trinajstić information content (AvgIpc) is 2.33. The summed E-state index contributed by atoms with van der Waals surface area (Å²) in [6.45, 7) is 2.06. The highest BCUT2D eigenvalue weighted by atomic mass is 79.9. The third-order valence-corrected chi connectivity index (χ3v) is 3.33. The summed E-state index contributed by atoms with van der Waals surface area (Å²) in [7, 11) is 0. The molecule has 0 saturated carbocycles. The number of amides is 2. The molecule has 0 bridgehead atoms. The van der Waals surface area contributed by atoms with Gasteiger partial charge in [-0.3, -0.25) is 0 Å². The molecule has 1 rings (SSSR count). The molecule has 3 N–H and O–H groups in total. The lowest BCUT2D eigenvalue weighted by Gasteiger charge is -2.21. The molecule has 0 atom stereocenters. The van der Waals surface area contributed by atoms with Crippen molar-refractivity contribution in [1.82, 2.24) is 4.90 Å². The highest BCUT2D eigenvalue weighted by Gasteiger charge is 2.12. The molecule has 1 aromatic carbocycles. The molecule has 2 amide bonds. The van der Waals surface area contributed by atoms with E-state index >= 15 is 0 Å². The van der Waals surface area contributed by atoms with E-state index in [2.05, 4.69) is 21.2 Å². The van der Waals surface area contributed by atoms with Gasteiger partial charge in [0.2, 0.25) is 0 Å². The fraction of sp³-hybridized carbons (Fsp3) is 0.417. The first-order chi connectivity index (χ1) is 8.58. The van der Waals surface area contributed by atoms with Crippen LogP contribution >= 0.6 is 15.9 Å². The normalized spacial score (nSPS) is 10.2. The van der Waals surface area contributed by atoms with Crippen molar-refractivity contribution < 1.29 is 15.0 Å². The molecule has 0 heterocycles. The molecule has 18 heavy (non-hydrogen) atoms. The van der Waals surface area contributed by atoms with Crippen LogP contribution in [0, 0.1) is 6.92 Å². The molecule has 0 spiro atoms. The van der Waals surface area contributed by atoms with Crippen LogP contribution in [0.2, 0.25) is 0 Å². The molecular formula is C12H17BrN2O3. The maximum absolute atomic E-state index is 11.9. The second-order valence-electron chi connectivity index (χ2n) is 3.83. The Balaban J connectivity index is 2.69. The van der Waals surface area contributed by atoms with Gasteiger partial charge in [0, 0.05) is 23.2 Å². The Morgan fingerprint density at radius 2 is 1.94 bits per heavy atom. The second kappa shape index (κ2) is 7.35. The number of aliphatic hydroxyl groups excluding tert-OH is 2. The summed E-state index contributed by atoms with van der Waals surface area (Å²) >= 11 is 3.39. The van der Waals surface area contributed by atoms with Gasteiger partial charge < -0.3 is 20.4 Å². The number of carbonyl (C=O) groups excluding carboxylic acids is 1. The number of aliphatic hydroxyl groups is 2. The molecule has 0 aliphatic rings. The van der Waals surface area contributed by atoms with Gasteiger partial charge in [-0.2, -0.15) is 0 Å². The molecule has 0 unspecified atom stereocenters. The predicted octanol–water partition coefficient (Wildman–Crippen LogP) is 1.58. The lowest BCUT2D eigenvalue weighted by molar-refractivity contribution is 0.167. The Bertz CT molecular complexity index is 406. The number of nitrogens with zero attached hydrogens (tertiary/aromatic N) is 1. The van der Waals surface area contributed by atoms with Gasteiger partial charge in [-0.05, 0) is 30.7 Å². The fourth-order valence-electron chi connectivity index (χ4n) is 1.48. The highest BCUT2D eigenvalue weighted by Crippen LogP contribution is 2.20. The number of anilines is 1. The van der Waals surface area contributed by atoms with Crippen molar-refractivity contribution in [1.29, 1.82) is 0 Å². The van der Waals surface area contributed by atoms with E-state index in [-0.39, 0.29) is 32.3 Å². The number of hydrogen-bond acceptors (Lipinski definition) is 3. The summed E-state index contributed by atoms with van der Waals surface area (Å²) < 4.78 is 0.975. The van der Waals surface area contributed by atoms with Gasteiger partial charge in [0.1, 0.15) is 0 Å². The SMILES string of the molecule is Cc1cc(NC(=O)N(CCO)CCO)ccc1Br. The van der Waals surface area contributed by atoms with Gasteiger partial charge in [0.05, 0.1) is 13.2 Å². The van der Waals surface area contributed by atoms with Crippen LogP contribution < -0.4 is 5.32 Å². The summed E-state index contributed by atoms with van der Waals surface area (Å²) in [5, 5.41) is 20.4. The first-order valence-corrected chi connectivity index (χ1v) is 6.41. The van der Waals surface area contributed by atoms with E-state index in [4.69, 9.17) is 10.2 Å². The number of nitrogens with one attached hydrogen (secondary N) is 1. The largest absolute Gasteiger partial charge is 0.395 e. The zero-order chi connectivity index (χ0) is 13.5. The Morgan fingerprint density at radius 3 is 2.44 bits per heavy atom. The number of benzene rings is 1. The Morgan fingerprint density at radius 1 is 1.33 bits per heavy atom. The van der Waals surface area contributed by atoms with Crippen molar-refractivity contribution in [2.45, 2.75) is 6.92 Å². The smallest absolute Gasteiger partial charge is 0.321 e. The van der Waals surface area contributed by atoms with Crippen molar-refractivity contribution in [2.75, 3.05) is 31.6 Å². The molecule has 0 aromatic heterocycles. The van der Waals surface area contributed by atoms with E-state index in [0.717, 1.165) is 10.0 Å². The average molecular weight is 317 g/mol. The molecule has 100 valence electrons. The zero-order valence-electron chi connectivity index (χ0n) is 10.2. The minimum atomic E-state index is -0.333. The van der Waals surface area contributed by atoms with Crippen molar-refractivity contribution in [2.24, 2.45) is 0 Å². The molecule has 0 aliphatic carbocycles. The summed E-state index contributed by atoms with van der Waals surface area (Å²) in [5.74, 6) is 0. The lowest BCUT2D eigenvalue weighted by Crippen LogP contribution is -2.38. The van der Waals surface area contributed by atoms with E-state index in [0.29, 0.717) is 5.69 Å². The fourth-order valence-corrected chi connectivity index (χ4v) is 1.73. The zero-order valence-corrected chi connectivity index (χ0v) is 11.8. The molecule has 0 fully saturated rings. The van der Waals surface area contributed by atoms with Gasteiger partial charge in [0.25, 0.3) is 0 Å². The maximum Gasteiger partial charge on any atom is 0.321 e. The van der Waals surface area contributed by atoms with Crippen molar-refractivity contribution in [3.05, 3.63) is 28.2 Å². The van der Waals surface area contributed by atoms with E-state index in [1.807, 2.05) is 19.1 Å². The molecule has 0 radical (unpaired) electrons. The summed E-state index contributed by atoms with van der Waals surface area (Å²) in [5.41, 5.74) is 1.70. The Hall–Kier alpha value is -1.11. The van der Waals surface area contributed by atoms with E-state index in [9.17, 15) is 4.79 Å². The van der Waals surface area contributed by atoms with Crippen LogP contribution in [-0.4, -0.2) is 47.4 Å². The van der Waals surface area contributed by atoms with Crippen LogP contribution in [-0.2, 0) is 0 Å². The molecule has 0 saturated heterocycles. The van der Waals surface area contributed by atoms with E-state index in [1.165, 1.54) is 4.90 Å². The molecule has 6 heteroatoms. The predicted molar refractivity (Wildman–Crippen MR) is 73.6 cm³/mol. The topological polar surface area (TPSA) is 72.8 Å². The van der Waals surface area contributed by atoms with Crippen LogP contribution in [0.15, 0.2) is 22.7 Å². The number of halogens is 1. The summed E-state index contributed by atoms with van der Waals surface area (Å²) in [4.78, 5) is 13.2. The third-order valence-electron chi connectivity index (χ3n) is 2.44. The number of urea groups is 1. The third kappa shape index (κ3) is 4.29. The van der Waals surface area contributed by atoms with Crippen molar-refractivity contribution >= 4 is 27.6 Å². The standard InChI is InChI=1S/C12H17BrN2O3/c1-9-8-10(2-3-11(9)13)14-12(18)15(4-6-16)5-7-17/h2-3,8,16-17H,4-7H2,1H3,(H,14,18). The lowest BCUT2D eigenvalue weighted by atomic mass is 10.2. The first-order valence-electron chi connectivity index (χ1n) is 5.62. The Labute approximate surface area is 115 Å². The molecule has 1 aromatic rings. The minimum absolute atomic E-state index is 0.132. The quantitative estimate of drug-likeness (QED) is 0.772. The van der Waals surface area contributed by atoms with E-state index < -0.39 is 0 Å². The number of aryl methyl sites for hydroxylation is 1. The van der Waals surface area contributed by atoms with E-state index in [1.54, 1.807) is 6.07 Å². The van der Waals surface area contributed by atoms with Crippen LogP contribution in [0.3, 0.4) is 0 Å². The molecule has 5 nitrogen and oxygen atoms in total. The summed E-state index contributed by atoms with van der Waals surface area (Å²) in [6.07, 6.45) is 0. The summed E-state index contributed by atoms with van der Waals surface area (Å²) in [6, 6.07) is 5.15. The van der Waals surface area contributed by atoms with Gasteiger partial charge in [0.15, 0.2) is 0 Å². The highest BCUT2D eigenvalue weighted by molar-refractivity contribution is 9.10. The van der Waals surface area contributed by atoms with Gasteiger partial charge >= 0.3 is 6.03 Å². The van der Waals surface area contributed by atoms with Crippen molar-refractivity contribution in [3.8, 4) is 0 Å². The van der Waals surface area contributed by atoms with Crippen LogP contribution in [0.4, 0.5) is 10.5 Å². The maximum atomic E-state index is 11.9. The monoisotopic (exact) mass is 316 g/mol. The van der Waals surface area contributed by atoms with Crippen LogP contribution in [0.1, 0.15) is 5.56 Å². The van der Waals surface area contributed by atoms with Crippen molar-refractivity contribution in [3.63, 3.8) is 0 Å². The van der Waals surface area contributed by atoms with Crippen LogP contribution in [0.25, 0.3) is 0 Å².